The molecule has 3 rings (SSSR count). The SMILES string of the molecule is Cc1nc2ccccc2s1.Nc1ccccc1. The second-order valence-electron chi connectivity index (χ2n) is 3.61. The number of fused-ring (bicyclic) bond motifs is 1. The molecule has 2 nitrogen and oxygen atoms in total. The van der Waals surface area contributed by atoms with E-state index >= 15 is 0 Å². The summed E-state index contributed by atoms with van der Waals surface area (Å²) in [6.07, 6.45) is 0. The maximum Gasteiger partial charge on any atom is 0.0907 e. The summed E-state index contributed by atoms with van der Waals surface area (Å²) in [5.74, 6) is 0. The lowest BCUT2D eigenvalue weighted by Gasteiger charge is -1.83. The summed E-state index contributed by atoms with van der Waals surface area (Å²) in [4.78, 5) is 4.33. The van der Waals surface area contributed by atoms with Crippen LogP contribution in [-0.4, -0.2) is 4.98 Å². The van der Waals surface area contributed by atoms with E-state index in [4.69, 9.17) is 5.73 Å². The smallest absolute Gasteiger partial charge is 0.0907 e. The van der Waals surface area contributed by atoms with Gasteiger partial charge in [-0.25, -0.2) is 4.98 Å². The summed E-state index contributed by atoms with van der Waals surface area (Å²) in [6.45, 7) is 2.03. The first kappa shape index (κ1) is 11.6. The van der Waals surface area contributed by atoms with Crippen LogP contribution in [0, 0.1) is 6.92 Å². The number of rotatable bonds is 0. The van der Waals surface area contributed by atoms with Crippen molar-refractivity contribution in [1.82, 2.24) is 4.98 Å². The average Bonchev–Trinajstić information content (AvgIpc) is 2.71. The van der Waals surface area contributed by atoms with Crippen LogP contribution in [0.25, 0.3) is 10.2 Å². The zero-order valence-electron chi connectivity index (χ0n) is 9.63. The number of anilines is 1. The second-order valence-corrected chi connectivity index (χ2v) is 4.85. The fraction of sp³-hybridized carbons (Fsp3) is 0.0714. The molecule has 0 aliphatic carbocycles. The summed E-state index contributed by atoms with van der Waals surface area (Å²) in [6, 6.07) is 17.7. The number of para-hydroxylation sites is 2. The van der Waals surface area contributed by atoms with Crippen molar-refractivity contribution in [3.05, 3.63) is 59.6 Å². The van der Waals surface area contributed by atoms with Crippen molar-refractivity contribution in [3.8, 4) is 0 Å². The highest BCUT2D eigenvalue weighted by Crippen LogP contribution is 2.19. The lowest BCUT2D eigenvalue weighted by atomic mass is 10.3. The number of thiazole rings is 1. The van der Waals surface area contributed by atoms with Crippen molar-refractivity contribution >= 4 is 27.2 Å². The van der Waals surface area contributed by atoms with Gasteiger partial charge in [-0.1, -0.05) is 30.3 Å². The van der Waals surface area contributed by atoms with Crippen LogP contribution in [0.3, 0.4) is 0 Å². The van der Waals surface area contributed by atoms with Gasteiger partial charge in [0.25, 0.3) is 0 Å². The van der Waals surface area contributed by atoms with Crippen LogP contribution in [0.1, 0.15) is 5.01 Å². The molecule has 2 N–H and O–H groups in total. The van der Waals surface area contributed by atoms with Crippen molar-refractivity contribution in [2.75, 3.05) is 5.73 Å². The summed E-state index contributed by atoms with van der Waals surface area (Å²) >= 11 is 1.74. The number of aryl methyl sites for hydroxylation is 1. The first-order valence-corrected chi connectivity index (χ1v) is 6.20. The van der Waals surface area contributed by atoms with E-state index in [1.54, 1.807) is 11.3 Å². The Kier molecular flexibility index (Phi) is 3.73. The van der Waals surface area contributed by atoms with E-state index in [0.717, 1.165) is 16.2 Å². The molecule has 0 bridgehead atoms. The Morgan fingerprint density at radius 3 is 2.18 bits per heavy atom. The maximum absolute atomic E-state index is 5.36. The lowest BCUT2D eigenvalue weighted by molar-refractivity contribution is 1.35. The molecule has 0 radical (unpaired) electrons. The Morgan fingerprint density at radius 2 is 1.59 bits per heavy atom. The highest BCUT2D eigenvalue weighted by molar-refractivity contribution is 7.18. The number of aromatic nitrogens is 1. The van der Waals surface area contributed by atoms with Crippen molar-refractivity contribution in [1.29, 1.82) is 0 Å². The topological polar surface area (TPSA) is 38.9 Å². The van der Waals surface area contributed by atoms with Gasteiger partial charge in [-0.05, 0) is 31.2 Å². The van der Waals surface area contributed by atoms with Gasteiger partial charge in [-0.15, -0.1) is 11.3 Å². The number of nitrogens with two attached hydrogens (primary N) is 1. The van der Waals surface area contributed by atoms with Crippen LogP contribution in [0.4, 0.5) is 5.69 Å². The van der Waals surface area contributed by atoms with Crippen molar-refractivity contribution in [2.45, 2.75) is 6.92 Å². The molecule has 0 amide bonds. The number of hydrogen-bond acceptors (Lipinski definition) is 3. The number of benzene rings is 2. The summed E-state index contributed by atoms with van der Waals surface area (Å²) < 4.78 is 1.28. The first-order chi connectivity index (χ1) is 8.25. The minimum atomic E-state index is 0.822. The molecule has 0 fully saturated rings. The molecule has 1 aromatic heterocycles. The van der Waals surface area contributed by atoms with E-state index in [9.17, 15) is 0 Å². The Hall–Kier alpha value is -1.87. The van der Waals surface area contributed by atoms with Crippen LogP contribution in [-0.2, 0) is 0 Å². The van der Waals surface area contributed by atoms with Gasteiger partial charge in [0.05, 0.1) is 15.2 Å². The predicted octanol–water partition coefficient (Wildman–Crippen LogP) is 3.87. The van der Waals surface area contributed by atoms with Crippen LogP contribution >= 0.6 is 11.3 Å². The molecule has 0 saturated carbocycles. The zero-order valence-corrected chi connectivity index (χ0v) is 10.4. The monoisotopic (exact) mass is 242 g/mol. The third-order valence-electron chi connectivity index (χ3n) is 2.20. The third kappa shape index (κ3) is 3.29. The maximum atomic E-state index is 5.36. The van der Waals surface area contributed by atoms with Gasteiger partial charge in [0.1, 0.15) is 0 Å². The molecule has 3 aromatic rings. The van der Waals surface area contributed by atoms with Crippen LogP contribution in [0.5, 0.6) is 0 Å². The highest BCUT2D eigenvalue weighted by atomic mass is 32.1. The number of hydrogen-bond donors (Lipinski definition) is 1. The van der Waals surface area contributed by atoms with E-state index in [2.05, 4.69) is 11.1 Å². The quantitative estimate of drug-likeness (QED) is 0.608. The normalized spacial score (nSPS) is 9.71. The third-order valence-corrected chi connectivity index (χ3v) is 3.15. The number of nitrogen functional groups attached to an aromatic ring is 1. The van der Waals surface area contributed by atoms with Crippen molar-refractivity contribution < 1.29 is 0 Å². The van der Waals surface area contributed by atoms with E-state index < -0.39 is 0 Å². The predicted molar refractivity (Wildman–Crippen MR) is 75.2 cm³/mol. The van der Waals surface area contributed by atoms with Crippen LogP contribution < -0.4 is 5.73 Å². The number of nitrogens with zero attached hydrogens (tertiary/aromatic N) is 1. The van der Waals surface area contributed by atoms with E-state index in [1.807, 2.05) is 55.5 Å². The van der Waals surface area contributed by atoms with Gasteiger partial charge >= 0.3 is 0 Å². The molecule has 1 heterocycles. The summed E-state index contributed by atoms with van der Waals surface area (Å²) in [5.41, 5.74) is 7.30. The van der Waals surface area contributed by atoms with E-state index in [1.165, 1.54) is 4.70 Å². The first-order valence-electron chi connectivity index (χ1n) is 5.38. The largest absolute Gasteiger partial charge is 0.399 e. The van der Waals surface area contributed by atoms with Crippen LogP contribution in [0.2, 0.25) is 0 Å². The molecule has 0 atom stereocenters. The molecule has 0 aliphatic rings. The van der Waals surface area contributed by atoms with Gasteiger partial charge in [0, 0.05) is 5.69 Å². The van der Waals surface area contributed by atoms with Crippen LogP contribution in [0.15, 0.2) is 54.6 Å². The van der Waals surface area contributed by atoms with Gasteiger partial charge in [-0.3, -0.25) is 0 Å². The highest BCUT2D eigenvalue weighted by Gasteiger charge is 1.95. The Morgan fingerprint density at radius 1 is 0.941 bits per heavy atom. The van der Waals surface area contributed by atoms with E-state index in [0.29, 0.717) is 0 Å². The average molecular weight is 242 g/mol. The lowest BCUT2D eigenvalue weighted by Crippen LogP contribution is -1.79. The molecular weight excluding hydrogens is 228 g/mol. The minimum absolute atomic E-state index is 0.822. The molecule has 0 aliphatic heterocycles. The van der Waals surface area contributed by atoms with Crippen molar-refractivity contribution in [3.63, 3.8) is 0 Å². The van der Waals surface area contributed by atoms with Gasteiger partial charge in [-0.2, -0.15) is 0 Å². The summed E-state index contributed by atoms with van der Waals surface area (Å²) in [7, 11) is 0. The molecule has 17 heavy (non-hydrogen) atoms. The molecule has 0 saturated heterocycles. The molecule has 0 spiro atoms. The minimum Gasteiger partial charge on any atom is -0.399 e. The summed E-state index contributed by atoms with van der Waals surface area (Å²) in [5, 5.41) is 1.14. The Bertz CT molecular complexity index is 554. The Balaban J connectivity index is 0.000000136. The fourth-order valence-electron chi connectivity index (χ4n) is 1.44. The fourth-order valence-corrected chi connectivity index (χ4v) is 2.27. The van der Waals surface area contributed by atoms with Gasteiger partial charge < -0.3 is 5.73 Å². The second kappa shape index (κ2) is 5.46. The van der Waals surface area contributed by atoms with E-state index in [-0.39, 0.29) is 0 Å². The Labute approximate surface area is 105 Å². The van der Waals surface area contributed by atoms with Gasteiger partial charge in [0.2, 0.25) is 0 Å². The van der Waals surface area contributed by atoms with Gasteiger partial charge in [0.15, 0.2) is 0 Å². The molecule has 86 valence electrons. The molecule has 2 aromatic carbocycles. The molecule has 0 unspecified atom stereocenters. The van der Waals surface area contributed by atoms with Crippen molar-refractivity contribution in [2.24, 2.45) is 0 Å². The standard InChI is InChI=1S/C8H7NS.C6H7N/c1-6-9-7-4-2-3-5-8(7)10-6;7-6-4-2-1-3-5-6/h2-5H,1H3;1-5H,7H2. The molecular formula is C14H14N2S. The zero-order chi connectivity index (χ0) is 12.1. The molecule has 3 heteroatoms.